The molecular formula is C21H32N4O5S. The Bertz CT molecular complexity index is 745. The minimum atomic E-state index is -1.17. The maximum absolute atomic E-state index is 12.7. The molecule has 0 aromatic heterocycles. The van der Waals surface area contributed by atoms with E-state index in [4.69, 9.17) is 5.73 Å². The van der Waals surface area contributed by atoms with Crippen molar-refractivity contribution in [3.63, 3.8) is 0 Å². The van der Waals surface area contributed by atoms with Crippen LogP contribution in [0.3, 0.4) is 0 Å². The van der Waals surface area contributed by atoms with Gasteiger partial charge in [0.2, 0.25) is 17.7 Å². The number of carbonyl (C=O) groups is 4. The molecule has 3 atom stereocenters. The SMILES string of the molecule is CSCCC(N)C(=O)NCC(=O)NC(C(=O)NC(Cc1ccccc1)C(=O)O)C(C)C. The van der Waals surface area contributed by atoms with Crippen molar-refractivity contribution in [2.75, 3.05) is 18.6 Å². The standard InChI is InChI=1S/C21H32N4O5S/c1-13(2)18(25-17(26)12-23-19(27)15(22)9-10-31-3)20(28)24-16(21(29)30)11-14-7-5-4-6-8-14/h4-8,13,15-16,18H,9-12,22H2,1-3H3,(H,23,27)(H,24,28)(H,25,26)(H,29,30). The Balaban J connectivity index is 2.66. The Labute approximate surface area is 186 Å². The summed E-state index contributed by atoms with van der Waals surface area (Å²) in [6.07, 6.45) is 2.51. The van der Waals surface area contributed by atoms with Crippen LogP contribution in [-0.2, 0) is 25.6 Å². The van der Waals surface area contributed by atoms with Gasteiger partial charge in [0, 0.05) is 6.42 Å². The smallest absolute Gasteiger partial charge is 0.326 e. The highest BCUT2D eigenvalue weighted by Crippen LogP contribution is 2.07. The highest BCUT2D eigenvalue weighted by molar-refractivity contribution is 7.98. The van der Waals surface area contributed by atoms with Crippen LogP contribution in [-0.4, -0.2) is 65.5 Å². The van der Waals surface area contributed by atoms with Crippen LogP contribution in [0.4, 0.5) is 0 Å². The molecule has 0 spiro atoms. The van der Waals surface area contributed by atoms with E-state index >= 15 is 0 Å². The fraction of sp³-hybridized carbons (Fsp3) is 0.524. The number of hydrogen-bond acceptors (Lipinski definition) is 6. The zero-order valence-corrected chi connectivity index (χ0v) is 18.9. The average molecular weight is 453 g/mol. The van der Waals surface area contributed by atoms with Gasteiger partial charge in [-0.15, -0.1) is 0 Å². The number of nitrogens with two attached hydrogens (primary N) is 1. The van der Waals surface area contributed by atoms with Gasteiger partial charge in [0.25, 0.3) is 0 Å². The van der Waals surface area contributed by atoms with Gasteiger partial charge >= 0.3 is 5.97 Å². The lowest BCUT2D eigenvalue weighted by Gasteiger charge is -2.24. The van der Waals surface area contributed by atoms with Crippen molar-refractivity contribution in [3.8, 4) is 0 Å². The third kappa shape index (κ3) is 9.84. The van der Waals surface area contributed by atoms with Crippen molar-refractivity contribution in [2.24, 2.45) is 11.7 Å². The van der Waals surface area contributed by atoms with E-state index < -0.39 is 41.8 Å². The van der Waals surface area contributed by atoms with Crippen LogP contribution in [0.25, 0.3) is 0 Å². The van der Waals surface area contributed by atoms with Crippen LogP contribution in [0, 0.1) is 5.92 Å². The number of carbonyl (C=O) groups excluding carboxylic acids is 3. The second-order valence-corrected chi connectivity index (χ2v) is 8.47. The lowest BCUT2D eigenvalue weighted by Crippen LogP contribution is -2.55. The quantitative estimate of drug-likeness (QED) is 0.285. The molecule has 10 heteroatoms. The molecule has 0 aliphatic carbocycles. The molecule has 0 bridgehead atoms. The van der Waals surface area contributed by atoms with E-state index in [-0.39, 0.29) is 18.9 Å². The summed E-state index contributed by atoms with van der Waals surface area (Å²) >= 11 is 1.57. The number of benzene rings is 1. The Morgan fingerprint density at radius 2 is 1.71 bits per heavy atom. The number of rotatable bonds is 13. The molecule has 0 saturated carbocycles. The van der Waals surface area contributed by atoms with E-state index in [9.17, 15) is 24.3 Å². The van der Waals surface area contributed by atoms with Crippen LogP contribution in [0.15, 0.2) is 30.3 Å². The number of nitrogens with one attached hydrogen (secondary N) is 3. The van der Waals surface area contributed by atoms with Crippen LogP contribution in [0.5, 0.6) is 0 Å². The van der Waals surface area contributed by atoms with E-state index in [1.807, 2.05) is 12.3 Å². The monoisotopic (exact) mass is 452 g/mol. The fourth-order valence-electron chi connectivity index (χ4n) is 2.75. The van der Waals surface area contributed by atoms with E-state index in [0.717, 1.165) is 11.3 Å². The summed E-state index contributed by atoms with van der Waals surface area (Å²) in [5.74, 6) is -2.34. The fourth-order valence-corrected chi connectivity index (χ4v) is 3.23. The first kappa shape index (κ1) is 26.4. The van der Waals surface area contributed by atoms with Crippen LogP contribution in [0.1, 0.15) is 25.8 Å². The molecule has 31 heavy (non-hydrogen) atoms. The zero-order valence-electron chi connectivity index (χ0n) is 18.1. The number of thioether (sulfide) groups is 1. The summed E-state index contributed by atoms with van der Waals surface area (Å²) in [7, 11) is 0. The summed E-state index contributed by atoms with van der Waals surface area (Å²) < 4.78 is 0. The molecular weight excluding hydrogens is 420 g/mol. The summed E-state index contributed by atoms with van der Waals surface area (Å²) in [5, 5.41) is 17.0. The lowest BCUT2D eigenvalue weighted by molar-refractivity contribution is -0.142. The van der Waals surface area contributed by atoms with Crippen LogP contribution >= 0.6 is 11.8 Å². The van der Waals surface area contributed by atoms with E-state index in [0.29, 0.717) is 6.42 Å². The first-order chi connectivity index (χ1) is 14.6. The minimum Gasteiger partial charge on any atom is -0.480 e. The van der Waals surface area contributed by atoms with E-state index in [1.54, 1.807) is 49.9 Å². The predicted octanol–water partition coefficient (Wildman–Crippen LogP) is 0.136. The van der Waals surface area contributed by atoms with Gasteiger partial charge in [-0.05, 0) is 29.9 Å². The van der Waals surface area contributed by atoms with Crippen molar-refractivity contribution < 1.29 is 24.3 Å². The Morgan fingerprint density at radius 1 is 1.06 bits per heavy atom. The molecule has 0 radical (unpaired) electrons. The van der Waals surface area contributed by atoms with Crippen molar-refractivity contribution >= 4 is 35.5 Å². The van der Waals surface area contributed by atoms with Gasteiger partial charge in [0.15, 0.2) is 0 Å². The van der Waals surface area contributed by atoms with Gasteiger partial charge < -0.3 is 26.8 Å². The summed E-state index contributed by atoms with van der Waals surface area (Å²) in [6, 6.07) is 6.14. The molecule has 0 aliphatic heterocycles. The summed E-state index contributed by atoms with van der Waals surface area (Å²) in [6.45, 7) is 3.14. The van der Waals surface area contributed by atoms with Gasteiger partial charge in [0.05, 0.1) is 12.6 Å². The van der Waals surface area contributed by atoms with Crippen LogP contribution < -0.4 is 21.7 Å². The van der Waals surface area contributed by atoms with Crippen molar-refractivity contribution in [1.29, 1.82) is 0 Å². The molecule has 172 valence electrons. The molecule has 3 unspecified atom stereocenters. The van der Waals surface area contributed by atoms with Gasteiger partial charge in [-0.2, -0.15) is 11.8 Å². The van der Waals surface area contributed by atoms with Gasteiger partial charge in [-0.3, -0.25) is 14.4 Å². The summed E-state index contributed by atoms with van der Waals surface area (Å²) in [5.41, 5.74) is 6.52. The highest BCUT2D eigenvalue weighted by Gasteiger charge is 2.29. The molecule has 0 heterocycles. The Kier molecular flexibility index (Phi) is 11.7. The Morgan fingerprint density at radius 3 is 2.26 bits per heavy atom. The third-order valence-corrected chi connectivity index (χ3v) is 5.20. The van der Waals surface area contributed by atoms with Crippen molar-refractivity contribution in [2.45, 2.75) is 44.8 Å². The molecule has 1 aromatic carbocycles. The van der Waals surface area contributed by atoms with Crippen molar-refractivity contribution in [1.82, 2.24) is 16.0 Å². The van der Waals surface area contributed by atoms with Gasteiger partial charge in [-0.25, -0.2) is 4.79 Å². The Hall–Kier alpha value is -2.59. The molecule has 0 saturated heterocycles. The number of hydrogen-bond donors (Lipinski definition) is 5. The first-order valence-corrected chi connectivity index (χ1v) is 11.4. The maximum atomic E-state index is 12.7. The van der Waals surface area contributed by atoms with Gasteiger partial charge in [0.1, 0.15) is 12.1 Å². The molecule has 1 aromatic rings. The number of carboxylic acids is 1. The molecule has 0 aliphatic rings. The second kappa shape index (κ2) is 13.7. The average Bonchev–Trinajstić information content (AvgIpc) is 2.73. The second-order valence-electron chi connectivity index (χ2n) is 7.48. The molecule has 0 fully saturated rings. The van der Waals surface area contributed by atoms with E-state index in [1.165, 1.54) is 0 Å². The molecule has 3 amide bonds. The first-order valence-electron chi connectivity index (χ1n) is 10.0. The number of aliphatic carboxylic acids is 1. The molecule has 9 nitrogen and oxygen atoms in total. The molecule has 1 rings (SSSR count). The number of carboxylic acid groups (broad SMARTS) is 1. The van der Waals surface area contributed by atoms with Crippen molar-refractivity contribution in [3.05, 3.63) is 35.9 Å². The normalized spacial score (nSPS) is 13.7. The predicted molar refractivity (Wildman–Crippen MR) is 120 cm³/mol. The van der Waals surface area contributed by atoms with E-state index in [2.05, 4.69) is 16.0 Å². The highest BCUT2D eigenvalue weighted by atomic mass is 32.2. The third-order valence-electron chi connectivity index (χ3n) is 4.56. The summed E-state index contributed by atoms with van der Waals surface area (Å²) in [4.78, 5) is 48.5. The zero-order chi connectivity index (χ0) is 23.4. The largest absolute Gasteiger partial charge is 0.480 e. The lowest BCUT2D eigenvalue weighted by atomic mass is 10.0. The molecule has 6 N–H and O–H groups in total. The van der Waals surface area contributed by atoms with Gasteiger partial charge in [-0.1, -0.05) is 44.2 Å². The topological polar surface area (TPSA) is 151 Å². The minimum absolute atomic E-state index is 0.116. The van der Waals surface area contributed by atoms with Crippen LogP contribution in [0.2, 0.25) is 0 Å². The maximum Gasteiger partial charge on any atom is 0.326 e. The number of amides is 3.